The first-order valence-electron chi connectivity index (χ1n) is 9.58. The minimum absolute atomic E-state index is 0.370. The van der Waals surface area contributed by atoms with Crippen LogP contribution in [0.1, 0.15) is 27.7 Å². The fourth-order valence-corrected chi connectivity index (χ4v) is 4.58. The molecule has 0 unspecified atom stereocenters. The Balaban J connectivity index is 1.69. The van der Waals surface area contributed by atoms with E-state index in [0.29, 0.717) is 0 Å². The van der Waals surface area contributed by atoms with E-state index in [4.69, 9.17) is 14.3 Å². The number of aromatic nitrogens is 1. The summed E-state index contributed by atoms with van der Waals surface area (Å²) >= 11 is 1.72. The number of hydrogen-bond donors (Lipinski definition) is 0. The molecule has 4 aromatic rings. The van der Waals surface area contributed by atoms with Gasteiger partial charge in [0.2, 0.25) is 0 Å². The Morgan fingerprint density at radius 1 is 0.857 bits per heavy atom. The zero-order valence-corrected chi connectivity index (χ0v) is 17.3. The predicted octanol–water partition coefficient (Wildman–Crippen LogP) is 5.42. The molecule has 1 fully saturated rings. The van der Waals surface area contributed by atoms with E-state index in [0.717, 1.165) is 26.9 Å². The standard InChI is InChI=1S/C23H22BNO2S/c1-22(2)23(3,4)27-24(26-22)18-14-16(13-15-9-5-6-10-17(15)18)21-25-19-11-7-8-12-20(19)28-21/h5-14H,1-4H3. The van der Waals surface area contributed by atoms with E-state index in [9.17, 15) is 0 Å². The molecule has 5 rings (SSSR count). The highest BCUT2D eigenvalue weighted by Crippen LogP contribution is 2.38. The average Bonchev–Trinajstić information content (AvgIpc) is 3.19. The molecule has 1 saturated heterocycles. The van der Waals surface area contributed by atoms with Crippen molar-refractivity contribution in [2.24, 2.45) is 0 Å². The Morgan fingerprint density at radius 2 is 1.54 bits per heavy atom. The van der Waals surface area contributed by atoms with E-state index in [2.05, 4.69) is 82.3 Å². The molecule has 0 aliphatic carbocycles. The molecule has 3 nitrogen and oxygen atoms in total. The summed E-state index contributed by atoms with van der Waals surface area (Å²) in [6.45, 7) is 8.36. The summed E-state index contributed by atoms with van der Waals surface area (Å²) < 4.78 is 13.9. The van der Waals surface area contributed by atoms with Gasteiger partial charge in [0.15, 0.2) is 0 Å². The SMILES string of the molecule is CC1(C)OB(c2cc(-c3nc4ccccc4s3)cc3ccccc23)OC1(C)C. The molecule has 0 saturated carbocycles. The van der Waals surface area contributed by atoms with Crippen molar-refractivity contribution in [3.8, 4) is 10.6 Å². The van der Waals surface area contributed by atoms with Crippen LogP contribution in [0.25, 0.3) is 31.6 Å². The van der Waals surface area contributed by atoms with Crippen LogP contribution in [0.5, 0.6) is 0 Å². The van der Waals surface area contributed by atoms with Gasteiger partial charge in [-0.3, -0.25) is 0 Å². The van der Waals surface area contributed by atoms with Gasteiger partial charge in [0.25, 0.3) is 0 Å². The molecule has 1 aliphatic heterocycles. The number of rotatable bonds is 2. The van der Waals surface area contributed by atoms with Gasteiger partial charge in [-0.15, -0.1) is 11.3 Å². The van der Waals surface area contributed by atoms with Crippen LogP contribution in [0.2, 0.25) is 0 Å². The van der Waals surface area contributed by atoms with Crippen LogP contribution in [-0.2, 0) is 9.31 Å². The number of para-hydroxylation sites is 1. The van der Waals surface area contributed by atoms with Gasteiger partial charge < -0.3 is 9.31 Å². The second-order valence-corrected chi connectivity index (χ2v) is 9.39. The monoisotopic (exact) mass is 387 g/mol. The maximum Gasteiger partial charge on any atom is 0.495 e. The lowest BCUT2D eigenvalue weighted by Crippen LogP contribution is -2.41. The summed E-state index contributed by atoms with van der Waals surface area (Å²) in [4.78, 5) is 4.85. The third-order valence-electron chi connectivity index (χ3n) is 5.94. The second kappa shape index (κ2) is 6.15. The van der Waals surface area contributed by atoms with Crippen LogP contribution < -0.4 is 5.46 Å². The zero-order chi connectivity index (χ0) is 19.5. The third-order valence-corrected chi connectivity index (χ3v) is 7.03. The Bertz CT molecular complexity index is 1150. The van der Waals surface area contributed by atoms with Crippen molar-refractivity contribution in [2.45, 2.75) is 38.9 Å². The van der Waals surface area contributed by atoms with Gasteiger partial charge in [0.05, 0.1) is 21.4 Å². The van der Waals surface area contributed by atoms with Gasteiger partial charge in [-0.2, -0.15) is 0 Å². The summed E-state index contributed by atoms with van der Waals surface area (Å²) in [6.07, 6.45) is 0. The van der Waals surface area contributed by atoms with Crippen LogP contribution in [-0.4, -0.2) is 23.3 Å². The van der Waals surface area contributed by atoms with E-state index in [1.807, 2.05) is 6.07 Å². The maximum atomic E-state index is 6.37. The number of nitrogens with zero attached hydrogens (tertiary/aromatic N) is 1. The Morgan fingerprint density at radius 3 is 2.29 bits per heavy atom. The first kappa shape index (κ1) is 17.9. The van der Waals surface area contributed by atoms with Crippen molar-refractivity contribution < 1.29 is 9.31 Å². The summed E-state index contributed by atoms with van der Waals surface area (Å²) in [5.41, 5.74) is 2.46. The molecule has 28 heavy (non-hydrogen) atoms. The largest absolute Gasteiger partial charge is 0.495 e. The number of fused-ring (bicyclic) bond motifs is 2. The van der Waals surface area contributed by atoms with Crippen LogP contribution in [0.3, 0.4) is 0 Å². The van der Waals surface area contributed by atoms with E-state index < -0.39 is 7.12 Å². The van der Waals surface area contributed by atoms with Gasteiger partial charge in [-0.05, 0) is 62.1 Å². The van der Waals surface area contributed by atoms with E-state index in [1.165, 1.54) is 10.1 Å². The summed E-state index contributed by atoms with van der Waals surface area (Å²) in [7, 11) is -0.399. The highest BCUT2D eigenvalue weighted by molar-refractivity contribution is 7.21. The minimum atomic E-state index is -0.399. The molecule has 1 aliphatic rings. The van der Waals surface area contributed by atoms with Crippen molar-refractivity contribution in [1.29, 1.82) is 0 Å². The molecule has 2 heterocycles. The van der Waals surface area contributed by atoms with Crippen molar-refractivity contribution in [2.75, 3.05) is 0 Å². The predicted molar refractivity (Wildman–Crippen MR) is 118 cm³/mol. The minimum Gasteiger partial charge on any atom is -0.399 e. The lowest BCUT2D eigenvalue weighted by Gasteiger charge is -2.32. The molecule has 0 radical (unpaired) electrons. The van der Waals surface area contributed by atoms with Crippen molar-refractivity contribution >= 4 is 44.9 Å². The van der Waals surface area contributed by atoms with E-state index in [-0.39, 0.29) is 11.2 Å². The van der Waals surface area contributed by atoms with E-state index >= 15 is 0 Å². The first-order chi connectivity index (χ1) is 13.3. The Labute approximate surface area is 169 Å². The Kier molecular flexibility index (Phi) is 3.92. The average molecular weight is 387 g/mol. The zero-order valence-electron chi connectivity index (χ0n) is 16.5. The number of benzene rings is 3. The van der Waals surface area contributed by atoms with Gasteiger partial charge >= 0.3 is 7.12 Å². The van der Waals surface area contributed by atoms with Crippen molar-refractivity contribution in [1.82, 2.24) is 4.98 Å². The highest BCUT2D eigenvalue weighted by Gasteiger charge is 2.52. The molecule has 0 atom stereocenters. The van der Waals surface area contributed by atoms with Gasteiger partial charge in [0.1, 0.15) is 5.01 Å². The number of thiazole rings is 1. The molecule has 1 aromatic heterocycles. The topological polar surface area (TPSA) is 31.4 Å². The fraction of sp³-hybridized carbons (Fsp3) is 0.261. The van der Waals surface area contributed by atoms with Gasteiger partial charge in [0, 0.05) is 5.56 Å². The highest BCUT2D eigenvalue weighted by atomic mass is 32.1. The van der Waals surface area contributed by atoms with Crippen LogP contribution >= 0.6 is 11.3 Å². The summed E-state index contributed by atoms with van der Waals surface area (Å²) in [6, 6.07) is 21.1. The number of hydrogen-bond acceptors (Lipinski definition) is 4. The lowest BCUT2D eigenvalue weighted by atomic mass is 9.75. The quantitative estimate of drug-likeness (QED) is 0.431. The maximum absolute atomic E-state index is 6.37. The molecule has 5 heteroatoms. The summed E-state index contributed by atoms with van der Waals surface area (Å²) in [5, 5.41) is 3.35. The lowest BCUT2D eigenvalue weighted by molar-refractivity contribution is 0.00578. The third kappa shape index (κ3) is 2.77. The van der Waals surface area contributed by atoms with Crippen molar-refractivity contribution in [3.05, 3.63) is 60.7 Å². The normalized spacial score (nSPS) is 18.2. The van der Waals surface area contributed by atoms with E-state index in [1.54, 1.807) is 11.3 Å². The molecule has 0 amide bonds. The van der Waals surface area contributed by atoms with Gasteiger partial charge in [-0.25, -0.2) is 4.98 Å². The molecular formula is C23H22BNO2S. The molecular weight excluding hydrogens is 365 g/mol. The molecule has 0 N–H and O–H groups in total. The Hall–Kier alpha value is -2.21. The van der Waals surface area contributed by atoms with Crippen LogP contribution in [0.4, 0.5) is 0 Å². The molecule has 0 spiro atoms. The van der Waals surface area contributed by atoms with Gasteiger partial charge in [-0.1, -0.05) is 42.5 Å². The summed E-state index contributed by atoms with van der Waals surface area (Å²) in [5.74, 6) is 0. The van der Waals surface area contributed by atoms with Crippen molar-refractivity contribution in [3.63, 3.8) is 0 Å². The van der Waals surface area contributed by atoms with Crippen LogP contribution in [0.15, 0.2) is 60.7 Å². The fourth-order valence-electron chi connectivity index (χ4n) is 3.62. The molecule has 140 valence electrons. The van der Waals surface area contributed by atoms with Crippen LogP contribution in [0, 0.1) is 0 Å². The second-order valence-electron chi connectivity index (χ2n) is 8.36. The smallest absolute Gasteiger partial charge is 0.399 e. The molecule has 0 bridgehead atoms. The molecule has 3 aromatic carbocycles. The first-order valence-corrected chi connectivity index (χ1v) is 10.4.